The van der Waals surface area contributed by atoms with Crippen LogP contribution in [0.5, 0.6) is 0 Å². The lowest BCUT2D eigenvalue weighted by atomic mass is 10.2. The summed E-state index contributed by atoms with van der Waals surface area (Å²) in [4.78, 5) is 16.8. The van der Waals surface area contributed by atoms with Gasteiger partial charge in [-0.15, -0.1) is 0 Å². The minimum absolute atomic E-state index is 0.0895. The van der Waals surface area contributed by atoms with Gasteiger partial charge in [-0.3, -0.25) is 19.1 Å². The number of hydrogen-bond acceptors (Lipinski definition) is 4. The zero-order chi connectivity index (χ0) is 15.7. The minimum Gasteiger partial charge on any atom is -0.336 e. The molecule has 1 amide bonds. The van der Waals surface area contributed by atoms with Crippen LogP contribution in [0.15, 0.2) is 18.6 Å². The van der Waals surface area contributed by atoms with Crippen molar-refractivity contribution in [2.75, 3.05) is 26.2 Å². The molecule has 1 saturated heterocycles. The van der Waals surface area contributed by atoms with Gasteiger partial charge in [-0.1, -0.05) is 0 Å². The van der Waals surface area contributed by atoms with Crippen molar-refractivity contribution in [3.8, 4) is 0 Å². The summed E-state index contributed by atoms with van der Waals surface area (Å²) in [5.41, 5.74) is 2.84. The average molecular weight is 302 g/mol. The molecule has 0 saturated carbocycles. The molecule has 7 heteroatoms. The fourth-order valence-corrected chi connectivity index (χ4v) is 2.80. The Bertz CT molecular complexity index is 665. The first-order chi connectivity index (χ1) is 10.5. The highest BCUT2D eigenvalue weighted by Crippen LogP contribution is 2.13. The van der Waals surface area contributed by atoms with Crippen LogP contribution in [-0.2, 0) is 20.6 Å². The van der Waals surface area contributed by atoms with E-state index in [1.54, 1.807) is 10.9 Å². The zero-order valence-electron chi connectivity index (χ0n) is 13.4. The topological polar surface area (TPSA) is 59.2 Å². The number of aryl methyl sites for hydroxylation is 2. The maximum absolute atomic E-state index is 12.5. The molecule has 2 aromatic heterocycles. The number of carbonyl (C=O) groups excluding carboxylic acids is 1. The van der Waals surface area contributed by atoms with Crippen molar-refractivity contribution in [2.45, 2.75) is 13.5 Å². The molecule has 0 N–H and O–H groups in total. The molecule has 3 heterocycles. The van der Waals surface area contributed by atoms with Gasteiger partial charge < -0.3 is 4.90 Å². The van der Waals surface area contributed by atoms with Crippen LogP contribution in [0.1, 0.15) is 21.6 Å². The van der Waals surface area contributed by atoms with E-state index < -0.39 is 0 Å². The highest BCUT2D eigenvalue weighted by molar-refractivity contribution is 5.95. The molecule has 0 spiro atoms. The van der Waals surface area contributed by atoms with Crippen LogP contribution in [0, 0.1) is 6.92 Å². The van der Waals surface area contributed by atoms with Gasteiger partial charge in [-0.2, -0.15) is 10.2 Å². The van der Waals surface area contributed by atoms with E-state index in [1.165, 1.54) is 5.56 Å². The Morgan fingerprint density at radius 2 is 1.86 bits per heavy atom. The van der Waals surface area contributed by atoms with Crippen LogP contribution >= 0.6 is 0 Å². The summed E-state index contributed by atoms with van der Waals surface area (Å²) in [6, 6.07) is 0. The second-order valence-corrected chi connectivity index (χ2v) is 5.86. The molecule has 2 aromatic rings. The van der Waals surface area contributed by atoms with E-state index in [-0.39, 0.29) is 5.91 Å². The smallest absolute Gasteiger partial charge is 0.257 e. The van der Waals surface area contributed by atoms with Crippen LogP contribution in [-0.4, -0.2) is 61.4 Å². The SMILES string of the molecule is Cc1c(C(=O)N2CCN(Cc3cnn(C)c3)CC2)cnn1C. The Labute approximate surface area is 130 Å². The summed E-state index contributed by atoms with van der Waals surface area (Å²) in [5, 5.41) is 8.35. The molecule has 0 unspecified atom stereocenters. The van der Waals surface area contributed by atoms with E-state index in [0.29, 0.717) is 5.56 Å². The van der Waals surface area contributed by atoms with Gasteiger partial charge in [0.2, 0.25) is 0 Å². The van der Waals surface area contributed by atoms with Crippen molar-refractivity contribution in [1.29, 1.82) is 0 Å². The van der Waals surface area contributed by atoms with E-state index in [0.717, 1.165) is 38.4 Å². The summed E-state index contributed by atoms with van der Waals surface area (Å²) in [6.07, 6.45) is 5.60. The predicted octanol–water partition coefficient (Wildman–Crippen LogP) is 0.420. The van der Waals surface area contributed by atoms with Crippen molar-refractivity contribution >= 4 is 5.91 Å². The van der Waals surface area contributed by atoms with Crippen molar-refractivity contribution in [3.63, 3.8) is 0 Å². The normalized spacial score (nSPS) is 16.2. The first-order valence-electron chi connectivity index (χ1n) is 7.52. The number of amides is 1. The zero-order valence-corrected chi connectivity index (χ0v) is 13.4. The molecule has 0 radical (unpaired) electrons. The van der Waals surface area contributed by atoms with Gasteiger partial charge in [0.05, 0.1) is 18.0 Å². The standard InChI is InChI=1S/C15H22N6O/c1-12-14(9-17-19(12)3)15(22)21-6-4-20(5-7-21)11-13-8-16-18(2)10-13/h8-10H,4-7,11H2,1-3H3. The van der Waals surface area contributed by atoms with Gasteiger partial charge >= 0.3 is 0 Å². The average Bonchev–Trinajstić information content (AvgIpc) is 3.06. The Hall–Kier alpha value is -2.15. The van der Waals surface area contributed by atoms with Crippen molar-refractivity contribution in [1.82, 2.24) is 29.4 Å². The van der Waals surface area contributed by atoms with Gasteiger partial charge in [0.15, 0.2) is 0 Å². The van der Waals surface area contributed by atoms with Gasteiger partial charge in [0.1, 0.15) is 0 Å². The minimum atomic E-state index is 0.0895. The Morgan fingerprint density at radius 3 is 2.41 bits per heavy atom. The second kappa shape index (κ2) is 5.92. The van der Waals surface area contributed by atoms with Crippen LogP contribution in [0.3, 0.4) is 0 Å². The molecule has 0 aromatic carbocycles. The molecule has 118 valence electrons. The molecule has 0 aliphatic carbocycles. The first-order valence-corrected chi connectivity index (χ1v) is 7.52. The van der Waals surface area contributed by atoms with Gasteiger partial charge in [-0.05, 0) is 6.92 Å². The Balaban J connectivity index is 1.57. The molecule has 1 fully saturated rings. The Kier molecular flexibility index (Phi) is 3.98. The number of hydrogen-bond donors (Lipinski definition) is 0. The molecule has 0 bridgehead atoms. The highest BCUT2D eigenvalue weighted by atomic mass is 16.2. The third-order valence-electron chi connectivity index (χ3n) is 4.29. The molecule has 22 heavy (non-hydrogen) atoms. The summed E-state index contributed by atoms with van der Waals surface area (Å²) in [7, 11) is 3.79. The number of piperazine rings is 1. The number of nitrogens with zero attached hydrogens (tertiary/aromatic N) is 6. The van der Waals surface area contributed by atoms with Gasteiger partial charge in [-0.25, -0.2) is 0 Å². The number of rotatable bonds is 3. The molecule has 1 aliphatic rings. The molecule has 1 aliphatic heterocycles. The lowest BCUT2D eigenvalue weighted by Gasteiger charge is -2.34. The lowest BCUT2D eigenvalue weighted by Crippen LogP contribution is -2.48. The van der Waals surface area contributed by atoms with Crippen LogP contribution in [0.2, 0.25) is 0 Å². The van der Waals surface area contributed by atoms with Crippen molar-refractivity contribution in [2.24, 2.45) is 14.1 Å². The maximum Gasteiger partial charge on any atom is 0.257 e. The van der Waals surface area contributed by atoms with Crippen LogP contribution < -0.4 is 0 Å². The Morgan fingerprint density at radius 1 is 1.14 bits per heavy atom. The summed E-state index contributed by atoms with van der Waals surface area (Å²) >= 11 is 0. The fourth-order valence-electron chi connectivity index (χ4n) is 2.80. The molecule has 3 rings (SSSR count). The van der Waals surface area contributed by atoms with Crippen LogP contribution in [0.4, 0.5) is 0 Å². The summed E-state index contributed by atoms with van der Waals surface area (Å²) in [5.74, 6) is 0.0895. The van der Waals surface area contributed by atoms with Crippen molar-refractivity contribution in [3.05, 3.63) is 35.4 Å². The van der Waals surface area contributed by atoms with E-state index >= 15 is 0 Å². The molecular weight excluding hydrogens is 280 g/mol. The second-order valence-electron chi connectivity index (χ2n) is 5.86. The first kappa shape index (κ1) is 14.8. The predicted molar refractivity (Wildman–Crippen MR) is 82.3 cm³/mol. The summed E-state index contributed by atoms with van der Waals surface area (Å²) in [6.45, 7) is 6.11. The highest BCUT2D eigenvalue weighted by Gasteiger charge is 2.24. The third-order valence-corrected chi connectivity index (χ3v) is 4.29. The monoisotopic (exact) mass is 302 g/mol. The summed E-state index contributed by atoms with van der Waals surface area (Å²) < 4.78 is 3.56. The van der Waals surface area contributed by atoms with E-state index in [1.807, 2.05) is 43.0 Å². The third kappa shape index (κ3) is 2.89. The maximum atomic E-state index is 12.5. The van der Waals surface area contributed by atoms with E-state index in [4.69, 9.17) is 0 Å². The van der Waals surface area contributed by atoms with Crippen LogP contribution in [0.25, 0.3) is 0 Å². The lowest BCUT2D eigenvalue weighted by molar-refractivity contribution is 0.0627. The molecular formula is C15H22N6O. The van der Waals surface area contributed by atoms with E-state index in [2.05, 4.69) is 15.1 Å². The van der Waals surface area contributed by atoms with Crippen molar-refractivity contribution < 1.29 is 4.79 Å². The number of carbonyl (C=O) groups is 1. The molecule has 0 atom stereocenters. The molecule has 7 nitrogen and oxygen atoms in total. The fraction of sp³-hybridized carbons (Fsp3) is 0.533. The van der Waals surface area contributed by atoms with E-state index in [9.17, 15) is 4.79 Å². The van der Waals surface area contributed by atoms with Gasteiger partial charge in [0, 0.05) is 64.3 Å². The quantitative estimate of drug-likeness (QED) is 0.824. The number of aromatic nitrogens is 4. The van der Waals surface area contributed by atoms with Gasteiger partial charge in [0.25, 0.3) is 5.91 Å². The largest absolute Gasteiger partial charge is 0.336 e.